The van der Waals surface area contributed by atoms with Crippen LogP contribution in [0.1, 0.15) is 12.2 Å². The molecule has 23 heavy (non-hydrogen) atoms. The highest BCUT2D eigenvalue weighted by atomic mass is 35.5. The minimum atomic E-state index is 0. The molecule has 0 aliphatic heterocycles. The van der Waals surface area contributed by atoms with Gasteiger partial charge >= 0.3 is 0 Å². The third-order valence-corrected chi connectivity index (χ3v) is 3.43. The van der Waals surface area contributed by atoms with Gasteiger partial charge in [0.25, 0.3) is 0 Å². The maximum atomic E-state index is 8.63. The lowest BCUT2D eigenvalue weighted by Gasteiger charge is -2.04. The predicted octanol–water partition coefficient (Wildman–Crippen LogP) is 3.51. The summed E-state index contributed by atoms with van der Waals surface area (Å²) >= 11 is 6.15. The second-order valence-electron chi connectivity index (χ2n) is 4.75. The summed E-state index contributed by atoms with van der Waals surface area (Å²) in [6.45, 7) is 3.34. The summed E-state index contributed by atoms with van der Waals surface area (Å²) in [6, 6.07) is 11.6. The molecule has 0 radical (unpaired) electrons. The minimum Gasteiger partial charge on any atom is -0.460 e. The van der Waals surface area contributed by atoms with Crippen LogP contribution in [0.5, 0.6) is 0 Å². The summed E-state index contributed by atoms with van der Waals surface area (Å²) in [6.07, 6.45) is 1.01. The molecule has 0 fully saturated rings. The number of rotatable bonds is 9. The quantitative estimate of drug-likeness (QED) is 0.582. The zero-order valence-electron chi connectivity index (χ0n) is 12.8. The van der Waals surface area contributed by atoms with Crippen molar-refractivity contribution in [1.82, 2.24) is 10.6 Å². The van der Waals surface area contributed by atoms with Gasteiger partial charge in [-0.3, -0.25) is 0 Å². The highest BCUT2D eigenvalue weighted by Gasteiger charge is 2.07. The van der Waals surface area contributed by atoms with Crippen LogP contribution in [0.15, 0.2) is 40.8 Å². The minimum absolute atomic E-state index is 0. The lowest BCUT2D eigenvalue weighted by Crippen LogP contribution is -2.23. The van der Waals surface area contributed by atoms with Gasteiger partial charge in [0.05, 0.1) is 18.2 Å². The lowest BCUT2D eigenvalue weighted by molar-refractivity contribution is 0.292. The zero-order valence-corrected chi connectivity index (χ0v) is 15.1. The molecule has 0 atom stereocenters. The average molecular weight is 382 g/mol. The molecule has 0 aliphatic carbocycles. The third-order valence-electron chi connectivity index (χ3n) is 3.10. The van der Waals surface area contributed by atoms with Crippen molar-refractivity contribution in [3.05, 3.63) is 47.2 Å². The first kappa shape index (κ1) is 22.2. The molecule has 4 nitrogen and oxygen atoms in total. The fraction of sp³-hybridized carbons (Fsp3) is 0.375. The average Bonchev–Trinajstić information content (AvgIpc) is 2.95. The van der Waals surface area contributed by atoms with Gasteiger partial charge in [-0.1, -0.05) is 23.7 Å². The van der Waals surface area contributed by atoms with Gasteiger partial charge in [-0.05, 0) is 43.8 Å². The summed E-state index contributed by atoms with van der Waals surface area (Å²) < 4.78 is 5.80. The van der Waals surface area contributed by atoms with Gasteiger partial charge in [-0.15, -0.1) is 24.8 Å². The molecule has 2 rings (SSSR count). The topological polar surface area (TPSA) is 57.4 Å². The van der Waals surface area contributed by atoms with E-state index in [0.29, 0.717) is 18.1 Å². The highest BCUT2D eigenvalue weighted by molar-refractivity contribution is 6.33. The van der Waals surface area contributed by atoms with E-state index in [2.05, 4.69) is 10.6 Å². The molecule has 3 N–H and O–H groups in total. The predicted molar refractivity (Wildman–Crippen MR) is 99.9 cm³/mol. The van der Waals surface area contributed by atoms with Crippen LogP contribution in [0.3, 0.4) is 0 Å². The molecular formula is C16H23Cl3N2O2. The number of halogens is 3. The largest absolute Gasteiger partial charge is 0.460 e. The molecule has 1 heterocycles. The Kier molecular flexibility index (Phi) is 12.2. The van der Waals surface area contributed by atoms with Gasteiger partial charge in [-0.25, -0.2) is 0 Å². The Bertz CT molecular complexity index is 550. The van der Waals surface area contributed by atoms with Gasteiger partial charge in [0.1, 0.15) is 11.5 Å². The van der Waals surface area contributed by atoms with Crippen molar-refractivity contribution in [1.29, 1.82) is 0 Å². The maximum absolute atomic E-state index is 8.63. The highest BCUT2D eigenvalue weighted by Crippen LogP contribution is 2.28. The summed E-state index contributed by atoms with van der Waals surface area (Å²) in [5.74, 6) is 1.69. The van der Waals surface area contributed by atoms with Gasteiger partial charge in [0.15, 0.2) is 0 Å². The van der Waals surface area contributed by atoms with Gasteiger partial charge in [0, 0.05) is 12.1 Å². The van der Waals surface area contributed by atoms with E-state index in [9.17, 15) is 0 Å². The van der Waals surface area contributed by atoms with Gasteiger partial charge in [0.2, 0.25) is 0 Å². The van der Waals surface area contributed by atoms with Crippen molar-refractivity contribution in [3.8, 4) is 11.3 Å². The first-order valence-electron chi connectivity index (χ1n) is 7.17. The maximum Gasteiger partial charge on any atom is 0.135 e. The Hall–Kier alpha value is -0.750. The van der Waals surface area contributed by atoms with Crippen LogP contribution < -0.4 is 10.6 Å². The molecule has 0 saturated carbocycles. The summed E-state index contributed by atoms with van der Waals surface area (Å²) in [7, 11) is 0. The standard InChI is InChI=1S/C16H21ClN2O2.2ClH/c17-15-5-2-1-4-14(15)16-7-6-13(21-16)12-19-9-3-8-18-10-11-20;;/h1-2,4-7,18-20H,3,8-12H2;2*1H. The number of benzene rings is 1. The van der Waals surface area contributed by atoms with E-state index in [-0.39, 0.29) is 31.4 Å². The first-order chi connectivity index (χ1) is 10.3. The Morgan fingerprint density at radius 3 is 2.43 bits per heavy atom. The van der Waals surface area contributed by atoms with Gasteiger partial charge < -0.3 is 20.2 Å². The molecule has 1 aromatic carbocycles. The van der Waals surface area contributed by atoms with Crippen molar-refractivity contribution in [2.75, 3.05) is 26.2 Å². The van der Waals surface area contributed by atoms with Crippen molar-refractivity contribution >= 4 is 36.4 Å². The van der Waals surface area contributed by atoms with Crippen molar-refractivity contribution in [2.45, 2.75) is 13.0 Å². The Balaban J connectivity index is 0.00000242. The first-order valence-corrected chi connectivity index (χ1v) is 7.55. The normalized spacial score (nSPS) is 10.0. The van der Waals surface area contributed by atoms with E-state index >= 15 is 0 Å². The van der Waals surface area contributed by atoms with Crippen molar-refractivity contribution in [2.24, 2.45) is 0 Å². The molecule has 0 spiro atoms. The SMILES string of the molecule is Cl.Cl.OCCNCCCNCc1ccc(-c2ccccc2Cl)o1. The Morgan fingerprint density at radius 1 is 0.957 bits per heavy atom. The van der Waals surface area contributed by atoms with Crippen LogP contribution in [0.25, 0.3) is 11.3 Å². The number of hydrogen-bond donors (Lipinski definition) is 3. The van der Waals surface area contributed by atoms with Crippen LogP contribution in [0.2, 0.25) is 5.02 Å². The van der Waals surface area contributed by atoms with E-state index < -0.39 is 0 Å². The van der Waals surface area contributed by atoms with Crippen LogP contribution in [0, 0.1) is 0 Å². The number of furan rings is 1. The van der Waals surface area contributed by atoms with E-state index in [4.69, 9.17) is 21.1 Å². The van der Waals surface area contributed by atoms with E-state index in [0.717, 1.165) is 36.6 Å². The molecule has 0 saturated heterocycles. The van der Waals surface area contributed by atoms with Gasteiger partial charge in [-0.2, -0.15) is 0 Å². The monoisotopic (exact) mass is 380 g/mol. The van der Waals surface area contributed by atoms with E-state index in [1.54, 1.807) is 0 Å². The number of hydrogen-bond acceptors (Lipinski definition) is 4. The summed E-state index contributed by atoms with van der Waals surface area (Å²) in [5.41, 5.74) is 0.915. The fourth-order valence-electron chi connectivity index (χ4n) is 2.03. The van der Waals surface area contributed by atoms with E-state index in [1.807, 2.05) is 36.4 Å². The number of nitrogens with one attached hydrogen (secondary N) is 2. The Morgan fingerprint density at radius 2 is 1.70 bits per heavy atom. The third kappa shape index (κ3) is 7.57. The second kappa shape index (κ2) is 12.6. The molecule has 130 valence electrons. The zero-order chi connectivity index (χ0) is 14.9. The molecular weight excluding hydrogens is 359 g/mol. The number of aliphatic hydroxyl groups is 1. The molecule has 0 aliphatic rings. The Labute approximate surface area is 154 Å². The lowest BCUT2D eigenvalue weighted by atomic mass is 10.2. The van der Waals surface area contributed by atoms with E-state index in [1.165, 1.54) is 0 Å². The molecule has 2 aromatic rings. The van der Waals surface area contributed by atoms with Crippen molar-refractivity contribution < 1.29 is 9.52 Å². The van der Waals surface area contributed by atoms with Crippen LogP contribution >= 0.6 is 36.4 Å². The van der Waals surface area contributed by atoms with Crippen LogP contribution in [-0.2, 0) is 6.54 Å². The van der Waals surface area contributed by atoms with Crippen LogP contribution in [0.4, 0.5) is 0 Å². The smallest absolute Gasteiger partial charge is 0.135 e. The number of aliphatic hydroxyl groups excluding tert-OH is 1. The molecule has 0 bridgehead atoms. The van der Waals surface area contributed by atoms with Crippen LogP contribution in [-0.4, -0.2) is 31.3 Å². The molecule has 0 amide bonds. The molecule has 0 unspecified atom stereocenters. The second-order valence-corrected chi connectivity index (χ2v) is 5.16. The molecule has 7 heteroatoms. The summed E-state index contributed by atoms with van der Waals surface area (Å²) in [4.78, 5) is 0. The van der Waals surface area contributed by atoms with Crippen molar-refractivity contribution in [3.63, 3.8) is 0 Å². The summed E-state index contributed by atoms with van der Waals surface area (Å²) in [5, 5.41) is 15.8. The molecule has 1 aromatic heterocycles. The fourth-order valence-corrected chi connectivity index (χ4v) is 2.26.